The Kier molecular flexibility index (Phi) is 5.08. The highest BCUT2D eigenvalue weighted by atomic mass is 16.6. The van der Waals surface area contributed by atoms with Crippen LogP contribution in [0.4, 0.5) is 5.69 Å². The summed E-state index contributed by atoms with van der Waals surface area (Å²) in [5.74, 6) is -0.0239. The van der Waals surface area contributed by atoms with Crippen molar-refractivity contribution in [1.82, 2.24) is 0 Å². The molecule has 3 aromatic rings. The number of carbonyl (C=O) groups is 2. The van der Waals surface area contributed by atoms with Crippen molar-refractivity contribution in [3.63, 3.8) is 0 Å². The zero-order valence-corrected chi connectivity index (χ0v) is 16.3. The minimum absolute atomic E-state index is 0.237. The molecule has 0 unspecified atom stereocenters. The molecule has 0 saturated heterocycles. The first-order valence-corrected chi connectivity index (χ1v) is 9.33. The van der Waals surface area contributed by atoms with Gasteiger partial charge in [-0.05, 0) is 53.6 Å². The van der Waals surface area contributed by atoms with Crippen molar-refractivity contribution in [3.8, 4) is 11.5 Å². The number of hydrogen-bond acceptors (Lipinski definition) is 5. The molecule has 4 rings (SSSR count). The average molecular weight is 391 g/mol. The molecule has 6 nitrogen and oxygen atoms in total. The number of benzene rings is 3. The lowest BCUT2D eigenvalue weighted by Gasteiger charge is -2.13. The van der Waals surface area contributed by atoms with Crippen molar-refractivity contribution in [2.45, 2.75) is 12.8 Å². The van der Waals surface area contributed by atoms with Gasteiger partial charge in [-0.3, -0.25) is 4.79 Å². The van der Waals surface area contributed by atoms with Crippen LogP contribution < -0.4 is 14.8 Å². The number of rotatable bonds is 6. The molecule has 0 aliphatic heterocycles. The summed E-state index contributed by atoms with van der Waals surface area (Å²) in [5, 5.41) is 5.30. The van der Waals surface area contributed by atoms with E-state index < -0.39 is 5.97 Å². The number of anilines is 1. The fourth-order valence-electron chi connectivity index (χ4n) is 3.67. The van der Waals surface area contributed by atoms with E-state index in [0.29, 0.717) is 17.1 Å². The van der Waals surface area contributed by atoms with Crippen LogP contribution in [-0.2, 0) is 22.4 Å². The Morgan fingerprint density at radius 1 is 0.966 bits per heavy atom. The minimum Gasteiger partial charge on any atom is -0.493 e. The van der Waals surface area contributed by atoms with E-state index in [9.17, 15) is 9.59 Å². The lowest BCUT2D eigenvalue weighted by atomic mass is 10.0. The Morgan fingerprint density at radius 3 is 2.52 bits per heavy atom. The number of amides is 1. The van der Waals surface area contributed by atoms with Crippen LogP contribution in [0.1, 0.15) is 21.5 Å². The van der Waals surface area contributed by atoms with Crippen molar-refractivity contribution in [2.24, 2.45) is 0 Å². The Bertz CT molecular complexity index is 1100. The fourth-order valence-corrected chi connectivity index (χ4v) is 3.67. The van der Waals surface area contributed by atoms with Crippen LogP contribution >= 0.6 is 0 Å². The molecule has 29 heavy (non-hydrogen) atoms. The maximum atomic E-state index is 12.9. The van der Waals surface area contributed by atoms with E-state index >= 15 is 0 Å². The second-order valence-corrected chi connectivity index (χ2v) is 6.80. The van der Waals surface area contributed by atoms with Gasteiger partial charge in [0, 0.05) is 16.6 Å². The van der Waals surface area contributed by atoms with Gasteiger partial charge in [-0.15, -0.1) is 0 Å². The second kappa shape index (κ2) is 7.83. The van der Waals surface area contributed by atoms with Crippen LogP contribution in [0, 0.1) is 0 Å². The fraction of sp³-hybridized carbons (Fsp3) is 0.217. The molecule has 0 fully saturated rings. The zero-order valence-electron chi connectivity index (χ0n) is 16.3. The van der Waals surface area contributed by atoms with Gasteiger partial charge in [0.2, 0.25) is 0 Å². The quantitative estimate of drug-likeness (QED) is 0.648. The van der Waals surface area contributed by atoms with Crippen LogP contribution in [0.2, 0.25) is 0 Å². The normalized spacial score (nSPS) is 11.9. The molecule has 3 aromatic carbocycles. The van der Waals surface area contributed by atoms with E-state index in [0.717, 1.165) is 23.9 Å². The number of esters is 1. The third kappa shape index (κ3) is 3.61. The summed E-state index contributed by atoms with van der Waals surface area (Å²) < 4.78 is 15.3. The summed E-state index contributed by atoms with van der Waals surface area (Å²) in [6, 6.07) is 15.1. The van der Waals surface area contributed by atoms with E-state index in [1.54, 1.807) is 18.2 Å². The number of hydrogen-bond donors (Lipinski definition) is 1. The van der Waals surface area contributed by atoms with Crippen molar-refractivity contribution in [2.75, 3.05) is 26.1 Å². The molecule has 1 amide bonds. The molecule has 0 aromatic heterocycles. The third-order valence-electron chi connectivity index (χ3n) is 5.12. The van der Waals surface area contributed by atoms with Crippen molar-refractivity contribution < 1.29 is 23.8 Å². The number of methoxy groups -OCH3 is 2. The van der Waals surface area contributed by atoms with Crippen molar-refractivity contribution in [1.29, 1.82) is 0 Å². The molecule has 0 atom stereocenters. The third-order valence-corrected chi connectivity index (χ3v) is 5.12. The molecule has 1 N–H and O–H groups in total. The number of aryl methyl sites for hydroxylation is 2. The molecule has 0 saturated carbocycles. The molecule has 0 heterocycles. The van der Waals surface area contributed by atoms with Gasteiger partial charge in [-0.25, -0.2) is 4.79 Å². The molecular formula is C23H21NO5. The standard InChI is InChI=1S/C23H21NO5/c1-27-20-12-16(9-11-19(20)29-13-21(25)28-2)23(26)24-18-10-8-15-7-6-14-4-3-5-17(18)22(14)15/h3-5,8-12H,6-7,13H2,1-2H3,(H,24,26). The minimum atomic E-state index is -0.499. The number of carbonyl (C=O) groups excluding carboxylic acids is 2. The van der Waals surface area contributed by atoms with Gasteiger partial charge in [-0.2, -0.15) is 0 Å². The summed E-state index contributed by atoms with van der Waals surface area (Å²) in [6.45, 7) is -0.237. The number of nitrogens with one attached hydrogen (secondary N) is 1. The van der Waals surface area contributed by atoms with Crippen molar-refractivity contribution >= 4 is 28.3 Å². The summed E-state index contributed by atoms with van der Waals surface area (Å²) in [4.78, 5) is 24.1. The van der Waals surface area contributed by atoms with E-state index in [2.05, 4.69) is 22.2 Å². The maximum Gasteiger partial charge on any atom is 0.343 e. The van der Waals surface area contributed by atoms with E-state index in [-0.39, 0.29) is 12.5 Å². The molecule has 0 bridgehead atoms. The predicted molar refractivity (Wildman–Crippen MR) is 110 cm³/mol. The topological polar surface area (TPSA) is 73.9 Å². The SMILES string of the molecule is COC(=O)COc1ccc(C(=O)Nc2ccc3c4c(cccc24)CC3)cc1OC. The summed E-state index contributed by atoms with van der Waals surface area (Å²) in [6.07, 6.45) is 2.07. The number of ether oxygens (including phenoxy) is 3. The molecule has 0 radical (unpaired) electrons. The van der Waals surface area contributed by atoms with Gasteiger partial charge in [-0.1, -0.05) is 24.3 Å². The maximum absolute atomic E-state index is 12.9. The van der Waals surface area contributed by atoms with Gasteiger partial charge in [0.05, 0.1) is 14.2 Å². The Labute approximate surface area is 168 Å². The van der Waals surface area contributed by atoms with Crippen LogP contribution in [0.15, 0.2) is 48.5 Å². The highest BCUT2D eigenvalue weighted by molar-refractivity contribution is 6.10. The van der Waals surface area contributed by atoms with Gasteiger partial charge < -0.3 is 19.5 Å². The van der Waals surface area contributed by atoms with Crippen LogP contribution in [0.25, 0.3) is 10.8 Å². The molecule has 1 aliphatic rings. The van der Waals surface area contributed by atoms with E-state index in [1.165, 1.54) is 30.7 Å². The lowest BCUT2D eigenvalue weighted by Crippen LogP contribution is -2.14. The second-order valence-electron chi connectivity index (χ2n) is 6.80. The van der Waals surface area contributed by atoms with E-state index in [1.807, 2.05) is 18.2 Å². The summed E-state index contributed by atoms with van der Waals surface area (Å²) in [5.41, 5.74) is 3.85. The first kappa shape index (κ1) is 18.8. The van der Waals surface area contributed by atoms with Crippen LogP contribution in [-0.4, -0.2) is 32.7 Å². The van der Waals surface area contributed by atoms with Crippen LogP contribution in [0.3, 0.4) is 0 Å². The van der Waals surface area contributed by atoms with Gasteiger partial charge in [0.25, 0.3) is 5.91 Å². The molecule has 1 aliphatic carbocycles. The molecule has 6 heteroatoms. The van der Waals surface area contributed by atoms with Gasteiger partial charge in [0.15, 0.2) is 18.1 Å². The van der Waals surface area contributed by atoms with Gasteiger partial charge in [0.1, 0.15) is 0 Å². The van der Waals surface area contributed by atoms with E-state index in [4.69, 9.17) is 9.47 Å². The molecule has 0 spiro atoms. The first-order valence-electron chi connectivity index (χ1n) is 9.33. The molecular weight excluding hydrogens is 370 g/mol. The summed E-state index contributed by atoms with van der Waals surface area (Å²) >= 11 is 0. The first-order chi connectivity index (χ1) is 14.1. The zero-order chi connectivity index (χ0) is 20.4. The Morgan fingerprint density at radius 2 is 1.76 bits per heavy atom. The van der Waals surface area contributed by atoms with Crippen molar-refractivity contribution in [3.05, 3.63) is 65.2 Å². The van der Waals surface area contributed by atoms with Gasteiger partial charge >= 0.3 is 5.97 Å². The van der Waals surface area contributed by atoms with Crippen LogP contribution in [0.5, 0.6) is 11.5 Å². The Balaban J connectivity index is 1.58. The Hall–Kier alpha value is -3.54. The highest BCUT2D eigenvalue weighted by Gasteiger charge is 2.18. The predicted octanol–water partition coefficient (Wildman–Crippen LogP) is 3.75. The smallest absolute Gasteiger partial charge is 0.343 e. The largest absolute Gasteiger partial charge is 0.493 e. The monoisotopic (exact) mass is 391 g/mol. The highest BCUT2D eigenvalue weighted by Crippen LogP contribution is 2.35. The summed E-state index contributed by atoms with van der Waals surface area (Å²) in [7, 11) is 2.77. The average Bonchev–Trinajstić information content (AvgIpc) is 3.18. The lowest BCUT2D eigenvalue weighted by molar-refractivity contribution is -0.142. The molecule has 148 valence electrons.